The Morgan fingerprint density at radius 2 is 1.77 bits per heavy atom. The lowest BCUT2D eigenvalue weighted by atomic mass is 9.96. The third-order valence-electron chi connectivity index (χ3n) is 6.12. The lowest BCUT2D eigenvalue weighted by molar-refractivity contribution is -0.156. The van der Waals surface area contributed by atoms with Crippen LogP contribution >= 0.6 is 0 Å². The van der Waals surface area contributed by atoms with Gasteiger partial charge in [0.2, 0.25) is 5.91 Å². The maximum Gasteiger partial charge on any atom is 0.247 e. The predicted molar refractivity (Wildman–Crippen MR) is 116 cm³/mol. The second-order valence-corrected chi connectivity index (χ2v) is 8.49. The van der Waals surface area contributed by atoms with Crippen molar-refractivity contribution in [3.8, 4) is 11.1 Å². The SMILES string of the molecule is Cn1cc2ccc(-c3ccc(CN4CCN(C(=O)C5(N)COC5)CC4)cc3)cc2n1. The van der Waals surface area contributed by atoms with Gasteiger partial charge in [-0.25, -0.2) is 0 Å². The first-order valence-electron chi connectivity index (χ1n) is 10.4. The number of rotatable bonds is 4. The molecule has 7 nitrogen and oxygen atoms in total. The number of hydrogen-bond donors (Lipinski definition) is 1. The number of aryl methyl sites for hydroxylation is 1. The maximum absolute atomic E-state index is 12.5. The molecule has 156 valence electrons. The van der Waals surface area contributed by atoms with Gasteiger partial charge in [0.1, 0.15) is 5.54 Å². The molecule has 1 aromatic heterocycles. The zero-order valence-electron chi connectivity index (χ0n) is 17.3. The van der Waals surface area contributed by atoms with Crippen LogP contribution in [0, 0.1) is 0 Å². The van der Waals surface area contributed by atoms with E-state index in [1.165, 1.54) is 16.7 Å². The van der Waals surface area contributed by atoms with Crippen molar-refractivity contribution >= 4 is 16.8 Å². The highest BCUT2D eigenvalue weighted by Crippen LogP contribution is 2.25. The van der Waals surface area contributed by atoms with Crippen LogP contribution in [0.2, 0.25) is 0 Å². The molecular formula is C23H27N5O2. The number of carbonyl (C=O) groups is 1. The molecule has 0 aliphatic carbocycles. The van der Waals surface area contributed by atoms with Crippen molar-refractivity contribution in [2.45, 2.75) is 12.1 Å². The van der Waals surface area contributed by atoms with Gasteiger partial charge in [0, 0.05) is 51.4 Å². The summed E-state index contributed by atoms with van der Waals surface area (Å²) in [5.74, 6) is 0.0302. The molecule has 2 aliphatic rings. The van der Waals surface area contributed by atoms with Crippen LogP contribution in [-0.4, -0.2) is 70.4 Å². The number of ether oxygens (including phenoxy) is 1. The minimum atomic E-state index is -0.795. The van der Waals surface area contributed by atoms with E-state index >= 15 is 0 Å². The Morgan fingerprint density at radius 1 is 1.07 bits per heavy atom. The second kappa shape index (κ2) is 7.50. The molecule has 0 saturated carbocycles. The van der Waals surface area contributed by atoms with Crippen LogP contribution in [0.1, 0.15) is 5.56 Å². The molecule has 3 heterocycles. The first kappa shape index (κ1) is 19.2. The number of amides is 1. The highest BCUT2D eigenvalue weighted by atomic mass is 16.5. The van der Waals surface area contributed by atoms with Gasteiger partial charge in [0.05, 0.1) is 18.7 Å². The van der Waals surface area contributed by atoms with Gasteiger partial charge in [0.25, 0.3) is 0 Å². The van der Waals surface area contributed by atoms with E-state index in [1.807, 2.05) is 22.8 Å². The van der Waals surface area contributed by atoms with E-state index < -0.39 is 5.54 Å². The summed E-state index contributed by atoms with van der Waals surface area (Å²) in [5, 5.41) is 5.66. The zero-order chi connectivity index (χ0) is 20.7. The van der Waals surface area contributed by atoms with Crippen LogP contribution in [0.4, 0.5) is 0 Å². The van der Waals surface area contributed by atoms with E-state index in [9.17, 15) is 4.79 Å². The van der Waals surface area contributed by atoms with Crippen LogP contribution < -0.4 is 5.73 Å². The molecule has 0 bridgehead atoms. The molecule has 2 aromatic carbocycles. The van der Waals surface area contributed by atoms with E-state index in [-0.39, 0.29) is 5.91 Å². The van der Waals surface area contributed by atoms with Crippen LogP contribution in [0.25, 0.3) is 22.0 Å². The van der Waals surface area contributed by atoms with E-state index in [2.05, 4.69) is 52.5 Å². The third-order valence-corrected chi connectivity index (χ3v) is 6.12. The number of hydrogen-bond acceptors (Lipinski definition) is 5. The molecule has 2 saturated heterocycles. The van der Waals surface area contributed by atoms with Gasteiger partial charge in [-0.05, 0) is 22.8 Å². The smallest absolute Gasteiger partial charge is 0.247 e. The van der Waals surface area contributed by atoms with Crippen molar-refractivity contribution in [2.24, 2.45) is 12.8 Å². The Morgan fingerprint density at radius 3 is 2.43 bits per heavy atom. The molecule has 0 spiro atoms. The van der Waals surface area contributed by atoms with E-state index in [1.54, 1.807) is 0 Å². The molecule has 0 unspecified atom stereocenters. The van der Waals surface area contributed by atoms with Crippen molar-refractivity contribution in [1.82, 2.24) is 19.6 Å². The summed E-state index contributed by atoms with van der Waals surface area (Å²) in [5.41, 5.74) is 9.96. The first-order valence-corrected chi connectivity index (χ1v) is 10.4. The van der Waals surface area contributed by atoms with Crippen molar-refractivity contribution in [1.29, 1.82) is 0 Å². The fraction of sp³-hybridized carbons (Fsp3) is 0.391. The fourth-order valence-electron chi connectivity index (χ4n) is 4.25. The van der Waals surface area contributed by atoms with Crippen LogP contribution in [0.15, 0.2) is 48.7 Å². The molecule has 5 rings (SSSR count). The summed E-state index contributed by atoms with van der Waals surface area (Å²) in [6.45, 7) is 4.73. The van der Waals surface area contributed by atoms with Crippen LogP contribution in [0.3, 0.4) is 0 Å². The first-order chi connectivity index (χ1) is 14.5. The molecule has 0 atom stereocenters. The average Bonchev–Trinajstić information content (AvgIpc) is 3.12. The molecule has 3 aromatic rings. The van der Waals surface area contributed by atoms with Crippen molar-refractivity contribution in [3.63, 3.8) is 0 Å². The number of carbonyl (C=O) groups excluding carboxylic acids is 1. The molecule has 30 heavy (non-hydrogen) atoms. The molecule has 2 fully saturated rings. The van der Waals surface area contributed by atoms with Gasteiger partial charge in [-0.15, -0.1) is 0 Å². The summed E-state index contributed by atoms with van der Waals surface area (Å²) in [6, 6.07) is 15.1. The van der Waals surface area contributed by atoms with Crippen LogP contribution in [0.5, 0.6) is 0 Å². The van der Waals surface area contributed by atoms with Crippen molar-refractivity contribution < 1.29 is 9.53 Å². The highest BCUT2D eigenvalue weighted by Gasteiger charge is 2.44. The molecule has 1 amide bonds. The van der Waals surface area contributed by atoms with Crippen molar-refractivity contribution in [3.05, 3.63) is 54.2 Å². The van der Waals surface area contributed by atoms with Gasteiger partial charge >= 0.3 is 0 Å². The predicted octanol–water partition coefficient (Wildman–Crippen LogP) is 1.61. The fourth-order valence-corrected chi connectivity index (χ4v) is 4.25. The van der Waals surface area contributed by atoms with E-state index in [0.717, 1.165) is 43.6 Å². The normalized spacial score (nSPS) is 19.1. The van der Waals surface area contributed by atoms with Gasteiger partial charge in [-0.3, -0.25) is 14.4 Å². The highest BCUT2D eigenvalue weighted by molar-refractivity contribution is 5.87. The number of nitrogens with two attached hydrogens (primary N) is 1. The summed E-state index contributed by atoms with van der Waals surface area (Å²) < 4.78 is 6.97. The summed E-state index contributed by atoms with van der Waals surface area (Å²) >= 11 is 0. The zero-order valence-corrected chi connectivity index (χ0v) is 17.3. The standard InChI is InChI=1S/C23H27N5O2/c1-26-14-20-7-6-19(12-21(20)25-26)18-4-2-17(3-5-18)13-27-8-10-28(11-9-27)22(29)23(24)15-30-16-23/h2-7,12,14H,8-11,13,15-16,24H2,1H3. The Kier molecular flexibility index (Phi) is 4.81. The molecule has 0 radical (unpaired) electrons. The van der Waals surface area contributed by atoms with Gasteiger partial charge in [0.15, 0.2) is 0 Å². The summed E-state index contributed by atoms with van der Waals surface area (Å²) in [7, 11) is 1.94. The summed E-state index contributed by atoms with van der Waals surface area (Å²) in [6.07, 6.45) is 2.03. The van der Waals surface area contributed by atoms with Crippen molar-refractivity contribution in [2.75, 3.05) is 39.4 Å². The van der Waals surface area contributed by atoms with Gasteiger partial charge in [-0.2, -0.15) is 5.10 Å². The van der Waals surface area contributed by atoms with Gasteiger partial charge in [-0.1, -0.05) is 36.4 Å². The largest absolute Gasteiger partial charge is 0.376 e. The summed E-state index contributed by atoms with van der Waals surface area (Å²) in [4.78, 5) is 16.8. The Balaban J connectivity index is 1.20. The average molecular weight is 406 g/mol. The molecule has 2 aliphatic heterocycles. The monoisotopic (exact) mass is 405 g/mol. The number of piperazine rings is 1. The van der Waals surface area contributed by atoms with Gasteiger partial charge < -0.3 is 15.4 Å². The Hall–Kier alpha value is -2.74. The van der Waals surface area contributed by atoms with E-state index in [0.29, 0.717) is 13.2 Å². The Bertz CT molecular complexity index is 1060. The molecule has 2 N–H and O–H groups in total. The van der Waals surface area contributed by atoms with Crippen LogP contribution in [-0.2, 0) is 23.1 Å². The molecular weight excluding hydrogens is 378 g/mol. The topological polar surface area (TPSA) is 76.6 Å². The minimum Gasteiger partial charge on any atom is -0.376 e. The molecule has 7 heteroatoms. The number of benzene rings is 2. The van der Waals surface area contributed by atoms with E-state index in [4.69, 9.17) is 10.5 Å². The second-order valence-electron chi connectivity index (χ2n) is 8.49. The maximum atomic E-state index is 12.5. The number of nitrogens with zero attached hydrogens (tertiary/aromatic N) is 4. The quantitative estimate of drug-likeness (QED) is 0.714. The lowest BCUT2D eigenvalue weighted by Crippen LogP contribution is -2.68. The minimum absolute atomic E-state index is 0.0302. The number of aromatic nitrogens is 2. The lowest BCUT2D eigenvalue weighted by Gasteiger charge is -2.43. The third kappa shape index (κ3) is 3.60. The number of fused-ring (bicyclic) bond motifs is 1. The Labute approximate surface area is 176 Å².